The van der Waals surface area contributed by atoms with Crippen molar-refractivity contribution < 1.29 is 4.74 Å². The molecule has 0 aliphatic heterocycles. The molecule has 0 saturated carbocycles. The van der Waals surface area contributed by atoms with E-state index in [0.717, 1.165) is 33.6 Å². The molecule has 0 radical (unpaired) electrons. The highest BCUT2D eigenvalue weighted by Gasteiger charge is 2.05. The number of anilines is 1. The average Bonchev–Trinajstić information content (AvgIpc) is 2.55. The summed E-state index contributed by atoms with van der Waals surface area (Å²) in [6, 6.07) is 15.4. The van der Waals surface area contributed by atoms with E-state index in [1.54, 1.807) is 6.21 Å². The van der Waals surface area contributed by atoms with E-state index >= 15 is 0 Å². The third kappa shape index (κ3) is 3.84. The molecule has 4 nitrogen and oxygen atoms in total. The smallest absolute Gasteiger partial charge is 0.121 e. The minimum Gasteiger partial charge on any atom is -0.494 e. The van der Waals surface area contributed by atoms with E-state index in [-0.39, 0.29) is 0 Å². The highest BCUT2D eigenvalue weighted by Crippen LogP contribution is 2.27. The van der Waals surface area contributed by atoms with Crippen LogP contribution in [0.2, 0.25) is 5.02 Å². The quantitative estimate of drug-likeness (QED) is 0.523. The Morgan fingerprint density at radius 2 is 2.08 bits per heavy atom. The lowest BCUT2D eigenvalue weighted by Crippen LogP contribution is -1.96. The van der Waals surface area contributed by atoms with Gasteiger partial charge in [0.15, 0.2) is 0 Å². The first kappa shape index (κ1) is 16.3. The molecule has 0 bridgehead atoms. The summed E-state index contributed by atoms with van der Waals surface area (Å²) < 4.78 is 5.54. The molecule has 0 aliphatic carbocycles. The SMILES string of the molecule is CCOc1ccc2c(NN=Cc3cccc(Cl)c3)cc(C)nc2c1. The van der Waals surface area contributed by atoms with Crippen LogP contribution in [0.4, 0.5) is 5.69 Å². The number of rotatable bonds is 5. The molecule has 2 aromatic carbocycles. The van der Waals surface area contributed by atoms with E-state index in [1.165, 1.54) is 0 Å². The molecule has 0 amide bonds. The molecule has 122 valence electrons. The van der Waals surface area contributed by atoms with E-state index in [9.17, 15) is 0 Å². The van der Waals surface area contributed by atoms with Crippen LogP contribution in [-0.2, 0) is 0 Å². The van der Waals surface area contributed by atoms with Gasteiger partial charge in [-0.2, -0.15) is 5.10 Å². The first-order valence-electron chi connectivity index (χ1n) is 7.74. The van der Waals surface area contributed by atoms with Crippen LogP contribution < -0.4 is 10.2 Å². The zero-order valence-corrected chi connectivity index (χ0v) is 14.3. The molecule has 0 atom stereocenters. The van der Waals surface area contributed by atoms with Gasteiger partial charge in [-0.1, -0.05) is 23.7 Å². The molecule has 0 saturated heterocycles. The van der Waals surface area contributed by atoms with E-state index < -0.39 is 0 Å². The number of pyridine rings is 1. The largest absolute Gasteiger partial charge is 0.494 e. The van der Waals surface area contributed by atoms with Crippen LogP contribution in [0.25, 0.3) is 10.9 Å². The van der Waals surface area contributed by atoms with Gasteiger partial charge in [-0.25, -0.2) is 0 Å². The van der Waals surface area contributed by atoms with Crippen molar-refractivity contribution in [3.63, 3.8) is 0 Å². The second-order valence-electron chi connectivity index (χ2n) is 5.35. The Morgan fingerprint density at radius 3 is 2.88 bits per heavy atom. The number of hydrazone groups is 1. The summed E-state index contributed by atoms with van der Waals surface area (Å²) in [6.45, 7) is 4.55. The molecule has 1 aromatic heterocycles. The summed E-state index contributed by atoms with van der Waals surface area (Å²) in [5.41, 5.74) is 6.72. The van der Waals surface area contributed by atoms with E-state index in [2.05, 4.69) is 15.5 Å². The highest BCUT2D eigenvalue weighted by molar-refractivity contribution is 6.30. The number of aromatic nitrogens is 1. The second-order valence-corrected chi connectivity index (χ2v) is 5.78. The Labute approximate surface area is 146 Å². The van der Waals surface area contributed by atoms with Crippen LogP contribution in [0.3, 0.4) is 0 Å². The van der Waals surface area contributed by atoms with E-state index in [0.29, 0.717) is 11.6 Å². The van der Waals surface area contributed by atoms with Gasteiger partial charge in [0, 0.05) is 22.2 Å². The number of nitrogens with one attached hydrogen (secondary N) is 1. The number of fused-ring (bicyclic) bond motifs is 1. The first-order chi connectivity index (χ1) is 11.7. The standard InChI is InChI=1S/C19H18ClN3O/c1-3-24-16-7-8-17-18(11-16)22-13(2)9-19(17)23-21-12-14-5-4-6-15(20)10-14/h4-12H,3H2,1-2H3,(H,22,23). The summed E-state index contributed by atoms with van der Waals surface area (Å²) in [7, 11) is 0. The van der Waals surface area contributed by atoms with E-state index in [1.807, 2.05) is 62.4 Å². The summed E-state index contributed by atoms with van der Waals surface area (Å²) in [5.74, 6) is 0.816. The van der Waals surface area contributed by atoms with Crippen molar-refractivity contribution in [3.8, 4) is 5.75 Å². The molecule has 0 fully saturated rings. The summed E-state index contributed by atoms with van der Waals surface area (Å²) in [6.07, 6.45) is 1.74. The van der Waals surface area contributed by atoms with Crippen molar-refractivity contribution in [1.29, 1.82) is 0 Å². The second kappa shape index (κ2) is 7.32. The number of benzene rings is 2. The molecule has 24 heavy (non-hydrogen) atoms. The van der Waals surface area contributed by atoms with Crippen molar-refractivity contribution in [3.05, 3.63) is 64.8 Å². The number of aryl methyl sites for hydroxylation is 1. The zero-order chi connectivity index (χ0) is 16.9. The lowest BCUT2D eigenvalue weighted by atomic mass is 10.1. The molecular weight excluding hydrogens is 322 g/mol. The normalized spacial score (nSPS) is 11.1. The molecule has 3 rings (SSSR count). The van der Waals surface area contributed by atoms with Gasteiger partial charge in [0.25, 0.3) is 0 Å². The fraction of sp³-hybridized carbons (Fsp3) is 0.158. The van der Waals surface area contributed by atoms with Crippen molar-refractivity contribution >= 4 is 34.4 Å². The van der Waals surface area contributed by atoms with Gasteiger partial charge in [0.05, 0.1) is 24.0 Å². The van der Waals surface area contributed by atoms with Crippen LogP contribution in [-0.4, -0.2) is 17.8 Å². The summed E-state index contributed by atoms with van der Waals surface area (Å²) in [5, 5.41) is 5.99. The number of ether oxygens (including phenoxy) is 1. The average molecular weight is 340 g/mol. The van der Waals surface area contributed by atoms with Gasteiger partial charge in [-0.3, -0.25) is 10.4 Å². The number of halogens is 1. The van der Waals surface area contributed by atoms with Crippen LogP contribution in [0.15, 0.2) is 53.6 Å². The van der Waals surface area contributed by atoms with Crippen LogP contribution in [0, 0.1) is 6.92 Å². The molecule has 5 heteroatoms. The fourth-order valence-electron chi connectivity index (χ4n) is 2.45. The number of hydrogen-bond donors (Lipinski definition) is 1. The monoisotopic (exact) mass is 339 g/mol. The molecule has 0 spiro atoms. The Bertz CT molecular complexity index is 893. The molecule has 0 aliphatic rings. The molecular formula is C19H18ClN3O. The van der Waals surface area contributed by atoms with Crippen LogP contribution >= 0.6 is 11.6 Å². The topological polar surface area (TPSA) is 46.5 Å². The van der Waals surface area contributed by atoms with Gasteiger partial charge >= 0.3 is 0 Å². The van der Waals surface area contributed by atoms with Gasteiger partial charge in [0.1, 0.15) is 5.75 Å². The molecule has 0 unspecified atom stereocenters. The maximum Gasteiger partial charge on any atom is 0.121 e. The Morgan fingerprint density at radius 1 is 1.21 bits per heavy atom. The Kier molecular flexibility index (Phi) is 4.96. The minimum absolute atomic E-state index is 0.631. The fourth-order valence-corrected chi connectivity index (χ4v) is 2.65. The lowest BCUT2D eigenvalue weighted by molar-refractivity contribution is 0.340. The molecule has 3 aromatic rings. The third-order valence-corrected chi connectivity index (χ3v) is 3.70. The number of hydrogen-bond acceptors (Lipinski definition) is 4. The molecule has 1 N–H and O–H groups in total. The van der Waals surface area contributed by atoms with Crippen molar-refractivity contribution in [1.82, 2.24) is 4.98 Å². The minimum atomic E-state index is 0.631. The van der Waals surface area contributed by atoms with Crippen molar-refractivity contribution in [2.75, 3.05) is 12.0 Å². The first-order valence-corrected chi connectivity index (χ1v) is 8.12. The highest BCUT2D eigenvalue weighted by atomic mass is 35.5. The predicted molar refractivity (Wildman–Crippen MR) is 100 cm³/mol. The summed E-state index contributed by atoms with van der Waals surface area (Å²) in [4.78, 5) is 4.57. The van der Waals surface area contributed by atoms with Crippen molar-refractivity contribution in [2.24, 2.45) is 5.10 Å². The predicted octanol–water partition coefficient (Wildman–Crippen LogP) is 5.04. The zero-order valence-electron chi connectivity index (χ0n) is 13.6. The Balaban J connectivity index is 1.88. The van der Waals surface area contributed by atoms with Crippen LogP contribution in [0.5, 0.6) is 5.75 Å². The summed E-state index contributed by atoms with van der Waals surface area (Å²) >= 11 is 5.98. The maximum absolute atomic E-state index is 5.98. The maximum atomic E-state index is 5.98. The number of nitrogens with zero attached hydrogens (tertiary/aromatic N) is 2. The molecule has 1 heterocycles. The van der Waals surface area contributed by atoms with Crippen molar-refractivity contribution in [2.45, 2.75) is 13.8 Å². The lowest BCUT2D eigenvalue weighted by Gasteiger charge is -2.09. The van der Waals surface area contributed by atoms with Gasteiger partial charge in [-0.05, 0) is 49.7 Å². The van der Waals surface area contributed by atoms with Crippen LogP contribution in [0.1, 0.15) is 18.2 Å². The Hall–Kier alpha value is -2.59. The van der Waals surface area contributed by atoms with Gasteiger partial charge in [0.2, 0.25) is 0 Å². The van der Waals surface area contributed by atoms with E-state index in [4.69, 9.17) is 16.3 Å². The van der Waals surface area contributed by atoms with Gasteiger partial charge in [-0.15, -0.1) is 0 Å². The third-order valence-electron chi connectivity index (χ3n) is 3.47. The van der Waals surface area contributed by atoms with Gasteiger partial charge < -0.3 is 4.74 Å².